The maximum absolute atomic E-state index is 12.0. The lowest BCUT2D eigenvalue weighted by molar-refractivity contribution is 0.415. The second-order valence-corrected chi connectivity index (χ2v) is 8.57. The Hall–Kier alpha value is -3.28. The van der Waals surface area contributed by atoms with Gasteiger partial charge in [-0.15, -0.1) is 0 Å². The number of ether oxygens (including phenoxy) is 1. The molecule has 9 nitrogen and oxygen atoms in total. The van der Waals surface area contributed by atoms with Gasteiger partial charge in [0, 0.05) is 5.69 Å². The summed E-state index contributed by atoms with van der Waals surface area (Å²) in [6.07, 6.45) is 0. The molecule has 0 spiro atoms. The van der Waals surface area contributed by atoms with Gasteiger partial charge in [0.2, 0.25) is 10.0 Å². The summed E-state index contributed by atoms with van der Waals surface area (Å²) >= 11 is 1.31. The van der Waals surface area contributed by atoms with Crippen LogP contribution >= 0.6 is 11.3 Å². The topological polar surface area (TPSA) is 140 Å². The normalized spacial score (nSPS) is 11.5. The number of benzene rings is 2. The largest absolute Gasteiger partial charge is 0.497 e. The molecule has 0 aliphatic carbocycles. The minimum atomic E-state index is -3.76. The van der Waals surface area contributed by atoms with E-state index in [1.165, 1.54) is 23.5 Å². The van der Waals surface area contributed by atoms with Crippen molar-refractivity contribution in [1.29, 1.82) is 0 Å². The van der Waals surface area contributed by atoms with Gasteiger partial charge in [0.15, 0.2) is 10.8 Å². The van der Waals surface area contributed by atoms with E-state index >= 15 is 0 Å². The van der Waals surface area contributed by atoms with Gasteiger partial charge >= 0.3 is 5.69 Å². The Kier molecular flexibility index (Phi) is 4.78. The third-order valence-corrected chi connectivity index (χ3v) is 6.00. The first kappa shape index (κ1) is 19.1. The number of nitrogens with one attached hydrogen (secondary N) is 2. The fourth-order valence-corrected chi connectivity index (χ4v) is 4.17. The predicted molar refractivity (Wildman–Crippen MR) is 111 cm³/mol. The van der Waals surface area contributed by atoms with E-state index in [2.05, 4.69) is 20.3 Å². The van der Waals surface area contributed by atoms with Gasteiger partial charge in [-0.3, -0.25) is 0 Å². The van der Waals surface area contributed by atoms with Gasteiger partial charge in [0.25, 0.3) is 0 Å². The van der Waals surface area contributed by atoms with Crippen LogP contribution in [0.5, 0.6) is 5.75 Å². The molecule has 2 aromatic heterocycles. The molecule has 0 fully saturated rings. The Bertz CT molecular complexity index is 1340. The molecule has 0 radical (unpaired) electrons. The highest BCUT2D eigenvalue weighted by Gasteiger charge is 2.14. The Morgan fingerprint density at radius 2 is 1.76 bits per heavy atom. The monoisotopic (exact) mass is 429 g/mol. The molecule has 0 saturated heterocycles. The average molecular weight is 429 g/mol. The molecule has 0 aliphatic heterocycles. The van der Waals surface area contributed by atoms with Crippen molar-refractivity contribution in [2.24, 2.45) is 5.14 Å². The number of H-pyrrole nitrogens is 1. The van der Waals surface area contributed by atoms with E-state index in [4.69, 9.17) is 9.88 Å². The first-order chi connectivity index (χ1) is 13.8. The number of hydrogen-bond acceptors (Lipinski definition) is 8. The number of aromatic amines is 1. The minimum Gasteiger partial charge on any atom is -0.497 e. The number of nitrogens with two attached hydrogens (primary N) is 1. The van der Waals surface area contributed by atoms with Gasteiger partial charge in [-0.1, -0.05) is 11.3 Å². The van der Waals surface area contributed by atoms with Crippen molar-refractivity contribution in [3.63, 3.8) is 0 Å². The summed E-state index contributed by atoms with van der Waals surface area (Å²) in [6, 6.07) is 13.2. The Balaban J connectivity index is 1.71. The van der Waals surface area contributed by atoms with Crippen LogP contribution in [0.4, 0.5) is 10.8 Å². The summed E-state index contributed by atoms with van der Waals surface area (Å²) in [5.74, 6) is 0.705. The Morgan fingerprint density at radius 1 is 1.07 bits per heavy atom. The van der Waals surface area contributed by atoms with E-state index in [1.54, 1.807) is 31.4 Å². The average Bonchev–Trinajstić information content (AvgIpc) is 3.09. The van der Waals surface area contributed by atoms with Crippen LogP contribution in [0.2, 0.25) is 0 Å². The van der Waals surface area contributed by atoms with E-state index in [0.717, 1.165) is 5.56 Å². The first-order valence-electron chi connectivity index (χ1n) is 8.29. The Labute approximate surface area is 169 Å². The maximum Gasteiger partial charge on any atom is 0.347 e. The lowest BCUT2D eigenvalue weighted by Crippen LogP contribution is -2.11. The zero-order valence-corrected chi connectivity index (χ0v) is 16.7. The zero-order valence-electron chi connectivity index (χ0n) is 15.0. The van der Waals surface area contributed by atoms with Crippen molar-refractivity contribution in [1.82, 2.24) is 15.0 Å². The third kappa shape index (κ3) is 3.97. The molecule has 0 saturated carbocycles. The van der Waals surface area contributed by atoms with Gasteiger partial charge in [0.05, 0.1) is 22.4 Å². The van der Waals surface area contributed by atoms with Crippen LogP contribution in [0.15, 0.2) is 58.2 Å². The summed E-state index contributed by atoms with van der Waals surface area (Å²) in [4.78, 5) is 23.1. The predicted octanol–water partition coefficient (Wildman–Crippen LogP) is 2.45. The number of thiazole rings is 1. The molecule has 4 N–H and O–H groups in total. The third-order valence-electron chi connectivity index (χ3n) is 4.09. The van der Waals surface area contributed by atoms with Crippen molar-refractivity contribution < 1.29 is 13.2 Å². The number of hydrogen-bond donors (Lipinski definition) is 3. The van der Waals surface area contributed by atoms with Crippen molar-refractivity contribution in [3.05, 3.63) is 59.0 Å². The summed E-state index contributed by atoms with van der Waals surface area (Å²) in [5.41, 5.74) is 1.83. The van der Waals surface area contributed by atoms with Crippen LogP contribution in [-0.4, -0.2) is 30.5 Å². The molecule has 29 heavy (non-hydrogen) atoms. The lowest BCUT2D eigenvalue weighted by Gasteiger charge is -2.04. The number of fused-ring (bicyclic) bond motifs is 1. The summed E-state index contributed by atoms with van der Waals surface area (Å²) in [5, 5.41) is 8.70. The molecule has 4 aromatic rings. The summed E-state index contributed by atoms with van der Waals surface area (Å²) in [7, 11) is -2.18. The SMILES string of the molecule is COc1ccc(-c2[nH]c(=O)nc3nc(Nc4ccc(S(N)(=O)=O)cc4)sc23)cc1. The van der Waals surface area contributed by atoms with Crippen molar-refractivity contribution >= 4 is 42.5 Å². The molecule has 11 heteroatoms. The molecule has 0 aliphatic rings. The number of rotatable bonds is 5. The molecular weight excluding hydrogens is 414 g/mol. The van der Waals surface area contributed by atoms with Crippen LogP contribution in [0, 0.1) is 0 Å². The van der Waals surface area contributed by atoms with Crippen LogP contribution in [0.1, 0.15) is 0 Å². The van der Waals surface area contributed by atoms with Crippen molar-refractivity contribution in [3.8, 4) is 17.0 Å². The van der Waals surface area contributed by atoms with Gasteiger partial charge in [-0.2, -0.15) is 9.97 Å². The Morgan fingerprint density at radius 3 is 2.38 bits per heavy atom. The second-order valence-electron chi connectivity index (χ2n) is 6.01. The second kappa shape index (κ2) is 7.28. The van der Waals surface area contributed by atoms with Crippen LogP contribution in [0.3, 0.4) is 0 Å². The fourth-order valence-electron chi connectivity index (χ4n) is 2.70. The van der Waals surface area contributed by atoms with Crippen molar-refractivity contribution in [2.45, 2.75) is 4.90 Å². The van der Waals surface area contributed by atoms with Crippen LogP contribution in [-0.2, 0) is 10.0 Å². The van der Waals surface area contributed by atoms with E-state index in [1.807, 2.05) is 12.1 Å². The number of anilines is 2. The minimum absolute atomic E-state index is 0.0152. The maximum atomic E-state index is 12.0. The highest BCUT2D eigenvalue weighted by molar-refractivity contribution is 7.89. The molecule has 0 unspecified atom stereocenters. The van der Waals surface area contributed by atoms with Crippen molar-refractivity contribution in [2.75, 3.05) is 12.4 Å². The van der Waals surface area contributed by atoms with E-state index in [0.29, 0.717) is 32.6 Å². The summed E-state index contributed by atoms with van der Waals surface area (Å²) in [6.45, 7) is 0. The molecule has 0 atom stereocenters. The fraction of sp³-hybridized carbons (Fsp3) is 0.0556. The first-order valence-corrected chi connectivity index (χ1v) is 10.6. The number of sulfonamides is 1. The number of nitrogens with zero attached hydrogens (tertiary/aromatic N) is 2. The lowest BCUT2D eigenvalue weighted by atomic mass is 10.1. The highest BCUT2D eigenvalue weighted by atomic mass is 32.2. The van der Waals surface area contributed by atoms with Crippen LogP contribution in [0.25, 0.3) is 21.6 Å². The van der Waals surface area contributed by atoms with E-state index in [-0.39, 0.29) is 4.90 Å². The van der Waals surface area contributed by atoms with E-state index in [9.17, 15) is 13.2 Å². The smallest absolute Gasteiger partial charge is 0.347 e. The van der Waals surface area contributed by atoms with Gasteiger partial charge < -0.3 is 15.0 Å². The zero-order chi connectivity index (χ0) is 20.6. The van der Waals surface area contributed by atoms with Crippen LogP contribution < -0.4 is 20.9 Å². The summed E-state index contributed by atoms with van der Waals surface area (Å²) < 4.78 is 28.6. The number of primary sulfonamides is 1. The standard InChI is InChI=1S/C18H15N5O4S2/c1-27-12-6-2-10(3-7-12)14-15-16(22-17(24)21-14)23-18(28-15)20-11-4-8-13(9-5-11)29(19,25)26/h2-9H,1H3,(H2,19,25,26)(H2,20,21,22,23,24). The molecule has 2 aromatic carbocycles. The molecule has 0 bridgehead atoms. The highest BCUT2D eigenvalue weighted by Crippen LogP contribution is 2.33. The van der Waals surface area contributed by atoms with Gasteiger partial charge in [-0.25, -0.2) is 18.4 Å². The molecule has 148 valence electrons. The molecule has 4 rings (SSSR count). The van der Waals surface area contributed by atoms with Gasteiger partial charge in [0.1, 0.15) is 5.75 Å². The molecular formula is C18H15N5O4S2. The van der Waals surface area contributed by atoms with Gasteiger partial charge in [-0.05, 0) is 54.1 Å². The number of aromatic nitrogens is 3. The molecule has 0 amide bonds. The number of methoxy groups -OCH3 is 1. The quantitative estimate of drug-likeness (QED) is 0.442. The molecule has 2 heterocycles. The van der Waals surface area contributed by atoms with E-state index < -0.39 is 15.7 Å².